The molecule has 0 spiro atoms. The van der Waals surface area contributed by atoms with Gasteiger partial charge in [-0.3, -0.25) is 9.59 Å². The second-order valence-corrected chi connectivity index (χ2v) is 6.32. The molecule has 1 heterocycles. The second-order valence-electron chi connectivity index (χ2n) is 6.32. The van der Waals surface area contributed by atoms with Crippen molar-refractivity contribution in [3.63, 3.8) is 0 Å². The first kappa shape index (κ1) is 16.8. The number of fused-ring (bicyclic) bond motifs is 2. The van der Waals surface area contributed by atoms with Gasteiger partial charge >= 0.3 is 5.97 Å². The Labute approximate surface area is 154 Å². The summed E-state index contributed by atoms with van der Waals surface area (Å²) in [5.41, 5.74) is 3.26. The van der Waals surface area contributed by atoms with Gasteiger partial charge in [0.2, 0.25) is 5.91 Å². The molecule has 0 fully saturated rings. The highest BCUT2D eigenvalue weighted by Crippen LogP contribution is 2.26. The number of amides is 1. The number of carboxylic acid groups (broad SMARTS) is 1. The summed E-state index contributed by atoms with van der Waals surface area (Å²) < 4.78 is 0. The number of anilines is 1. The van der Waals surface area contributed by atoms with Crippen LogP contribution in [0, 0.1) is 0 Å². The summed E-state index contributed by atoms with van der Waals surface area (Å²) >= 11 is 0. The fourth-order valence-corrected chi connectivity index (χ4v) is 3.02. The van der Waals surface area contributed by atoms with Crippen molar-refractivity contribution in [2.75, 3.05) is 5.32 Å². The van der Waals surface area contributed by atoms with Crippen molar-refractivity contribution in [2.24, 2.45) is 0 Å². The second kappa shape index (κ2) is 6.92. The molecule has 0 aliphatic carbocycles. The normalized spacial score (nSPS) is 11.0. The molecule has 27 heavy (non-hydrogen) atoms. The summed E-state index contributed by atoms with van der Waals surface area (Å²) in [6.45, 7) is 0. The lowest BCUT2D eigenvalue weighted by Crippen LogP contribution is -2.13. The van der Waals surface area contributed by atoms with Crippen LogP contribution in [-0.2, 0) is 9.59 Å². The van der Waals surface area contributed by atoms with Gasteiger partial charge in [0.1, 0.15) is 5.82 Å². The van der Waals surface area contributed by atoms with E-state index in [0.29, 0.717) is 11.5 Å². The summed E-state index contributed by atoms with van der Waals surface area (Å²) in [4.78, 5) is 30.4. The zero-order valence-electron chi connectivity index (χ0n) is 14.4. The molecule has 0 aliphatic rings. The molecule has 6 nitrogen and oxygen atoms in total. The summed E-state index contributed by atoms with van der Waals surface area (Å²) in [6, 6.07) is 19.5. The maximum atomic E-state index is 11.8. The number of hydrogen-bond acceptors (Lipinski definition) is 3. The number of imidazole rings is 1. The molecule has 0 saturated heterocycles. The van der Waals surface area contributed by atoms with Crippen LogP contribution in [0.15, 0.2) is 60.7 Å². The van der Waals surface area contributed by atoms with Gasteiger partial charge in [-0.2, -0.15) is 0 Å². The lowest BCUT2D eigenvalue weighted by molar-refractivity contribution is -0.138. The van der Waals surface area contributed by atoms with E-state index < -0.39 is 5.97 Å². The van der Waals surface area contributed by atoms with E-state index in [2.05, 4.69) is 33.5 Å². The number of carbonyl (C=O) groups is 2. The maximum absolute atomic E-state index is 11.8. The van der Waals surface area contributed by atoms with Crippen molar-refractivity contribution in [2.45, 2.75) is 12.8 Å². The molecule has 0 unspecified atom stereocenters. The van der Waals surface area contributed by atoms with E-state index in [9.17, 15) is 9.59 Å². The SMILES string of the molecule is O=C(O)CCC(=O)Nc1cccc(-c2nc3cc4ccccc4cc3[nH]2)c1. The van der Waals surface area contributed by atoms with Gasteiger partial charge in [0.25, 0.3) is 0 Å². The van der Waals surface area contributed by atoms with Crippen LogP contribution in [0.4, 0.5) is 5.69 Å². The smallest absolute Gasteiger partial charge is 0.303 e. The molecular weight excluding hydrogens is 342 g/mol. The van der Waals surface area contributed by atoms with E-state index >= 15 is 0 Å². The topological polar surface area (TPSA) is 95.1 Å². The Morgan fingerprint density at radius 2 is 1.74 bits per heavy atom. The van der Waals surface area contributed by atoms with Crippen LogP contribution in [0.25, 0.3) is 33.2 Å². The summed E-state index contributed by atoms with van der Waals surface area (Å²) in [6.07, 6.45) is -0.251. The molecule has 0 saturated carbocycles. The van der Waals surface area contributed by atoms with Gasteiger partial charge in [-0.15, -0.1) is 0 Å². The fourth-order valence-electron chi connectivity index (χ4n) is 3.02. The molecule has 0 radical (unpaired) electrons. The van der Waals surface area contributed by atoms with Crippen LogP contribution in [0.2, 0.25) is 0 Å². The van der Waals surface area contributed by atoms with Crippen LogP contribution >= 0.6 is 0 Å². The van der Waals surface area contributed by atoms with Crippen LogP contribution in [0.1, 0.15) is 12.8 Å². The minimum atomic E-state index is -0.992. The van der Waals surface area contributed by atoms with E-state index in [-0.39, 0.29) is 18.7 Å². The predicted octanol–water partition coefficient (Wildman–Crippen LogP) is 4.19. The average molecular weight is 359 g/mol. The standard InChI is InChI=1S/C21H17N3O3/c25-19(8-9-20(26)27)22-16-7-3-6-15(10-16)21-23-17-11-13-4-1-2-5-14(13)12-18(17)24-21/h1-7,10-12H,8-9H2,(H,22,25)(H,23,24)(H,26,27). The van der Waals surface area contributed by atoms with Crippen molar-refractivity contribution in [3.8, 4) is 11.4 Å². The van der Waals surface area contributed by atoms with E-state index in [1.165, 1.54) is 0 Å². The highest BCUT2D eigenvalue weighted by atomic mass is 16.4. The van der Waals surface area contributed by atoms with Crippen molar-refractivity contribution >= 4 is 39.4 Å². The van der Waals surface area contributed by atoms with E-state index in [0.717, 1.165) is 27.4 Å². The first-order valence-corrected chi connectivity index (χ1v) is 8.59. The van der Waals surface area contributed by atoms with Gasteiger partial charge in [-0.1, -0.05) is 36.4 Å². The quantitative estimate of drug-likeness (QED) is 0.498. The molecule has 1 amide bonds. The van der Waals surface area contributed by atoms with E-state index in [4.69, 9.17) is 5.11 Å². The van der Waals surface area contributed by atoms with Gasteiger partial charge in [0, 0.05) is 17.7 Å². The van der Waals surface area contributed by atoms with Crippen molar-refractivity contribution in [1.29, 1.82) is 0 Å². The third-order valence-corrected chi connectivity index (χ3v) is 4.34. The Morgan fingerprint density at radius 3 is 2.52 bits per heavy atom. The third-order valence-electron chi connectivity index (χ3n) is 4.34. The van der Waals surface area contributed by atoms with Crippen molar-refractivity contribution in [1.82, 2.24) is 9.97 Å². The van der Waals surface area contributed by atoms with Crippen LogP contribution in [0.3, 0.4) is 0 Å². The van der Waals surface area contributed by atoms with E-state index in [1.807, 2.05) is 36.4 Å². The summed E-state index contributed by atoms with van der Waals surface area (Å²) in [5, 5.41) is 13.7. The molecule has 4 rings (SSSR count). The number of aromatic amines is 1. The number of hydrogen-bond donors (Lipinski definition) is 3. The molecule has 3 aromatic carbocycles. The molecule has 1 aromatic heterocycles. The number of nitrogens with zero attached hydrogens (tertiary/aromatic N) is 1. The van der Waals surface area contributed by atoms with Gasteiger partial charge in [-0.05, 0) is 35.0 Å². The zero-order valence-corrected chi connectivity index (χ0v) is 14.4. The first-order chi connectivity index (χ1) is 13.1. The number of carboxylic acids is 1. The van der Waals surface area contributed by atoms with Gasteiger partial charge < -0.3 is 15.4 Å². The minimum Gasteiger partial charge on any atom is -0.481 e. The minimum absolute atomic E-state index is 0.0587. The monoisotopic (exact) mass is 359 g/mol. The number of H-pyrrole nitrogens is 1. The number of benzene rings is 3. The molecule has 6 heteroatoms. The van der Waals surface area contributed by atoms with Crippen LogP contribution < -0.4 is 5.32 Å². The molecule has 4 aromatic rings. The molecule has 0 aliphatic heterocycles. The van der Waals surface area contributed by atoms with E-state index in [1.54, 1.807) is 6.07 Å². The van der Waals surface area contributed by atoms with Crippen LogP contribution in [0.5, 0.6) is 0 Å². The lowest BCUT2D eigenvalue weighted by atomic mass is 10.1. The number of aliphatic carboxylic acids is 1. The number of nitrogens with one attached hydrogen (secondary N) is 2. The molecule has 0 atom stereocenters. The highest BCUT2D eigenvalue weighted by Gasteiger charge is 2.09. The summed E-state index contributed by atoms with van der Waals surface area (Å²) in [7, 11) is 0. The Bertz CT molecular complexity index is 1110. The Kier molecular flexibility index (Phi) is 4.30. The maximum Gasteiger partial charge on any atom is 0.303 e. The first-order valence-electron chi connectivity index (χ1n) is 8.59. The predicted molar refractivity (Wildman–Crippen MR) is 105 cm³/mol. The van der Waals surface area contributed by atoms with Crippen molar-refractivity contribution < 1.29 is 14.7 Å². The third kappa shape index (κ3) is 3.64. The zero-order chi connectivity index (χ0) is 18.8. The Morgan fingerprint density at radius 1 is 0.963 bits per heavy atom. The van der Waals surface area contributed by atoms with Crippen molar-refractivity contribution in [3.05, 3.63) is 60.7 Å². The van der Waals surface area contributed by atoms with Gasteiger partial charge in [0.05, 0.1) is 17.5 Å². The number of rotatable bonds is 5. The van der Waals surface area contributed by atoms with Gasteiger partial charge in [-0.25, -0.2) is 4.98 Å². The largest absolute Gasteiger partial charge is 0.481 e. The number of carbonyl (C=O) groups excluding carboxylic acids is 1. The lowest BCUT2D eigenvalue weighted by Gasteiger charge is -2.05. The number of aromatic nitrogens is 2. The molecule has 0 bridgehead atoms. The van der Waals surface area contributed by atoms with Crippen LogP contribution in [-0.4, -0.2) is 27.0 Å². The fraction of sp³-hybridized carbons (Fsp3) is 0.0952. The highest BCUT2D eigenvalue weighted by molar-refractivity contribution is 5.96. The molecule has 134 valence electrons. The average Bonchev–Trinajstić information content (AvgIpc) is 3.07. The Hall–Kier alpha value is -3.67. The van der Waals surface area contributed by atoms with Gasteiger partial charge in [0.15, 0.2) is 0 Å². The Balaban J connectivity index is 1.62. The molecular formula is C21H17N3O3. The summed E-state index contributed by atoms with van der Waals surface area (Å²) in [5.74, 6) is -0.610. The molecule has 3 N–H and O–H groups in total.